The first-order valence-electron chi connectivity index (χ1n) is 11.7. The zero-order valence-corrected chi connectivity index (χ0v) is 19.2. The summed E-state index contributed by atoms with van der Waals surface area (Å²) in [5.41, 5.74) is 4.34. The Labute approximate surface area is 202 Å². The van der Waals surface area contributed by atoms with Crippen molar-refractivity contribution in [3.05, 3.63) is 77.4 Å². The summed E-state index contributed by atoms with van der Waals surface area (Å²) >= 11 is 0. The Kier molecular flexibility index (Phi) is 6.58. The number of pyridine rings is 2. The number of carboxylic acids is 1. The number of benzene rings is 1. The van der Waals surface area contributed by atoms with Crippen molar-refractivity contribution in [1.82, 2.24) is 19.7 Å². The molecule has 3 N–H and O–H groups in total. The molecule has 0 fully saturated rings. The molecule has 0 aliphatic carbocycles. The van der Waals surface area contributed by atoms with E-state index in [1.165, 1.54) is 5.56 Å². The fourth-order valence-electron chi connectivity index (χ4n) is 4.44. The van der Waals surface area contributed by atoms with Crippen molar-refractivity contribution in [3.63, 3.8) is 0 Å². The number of hydrogen-bond donors (Lipinski definition) is 3. The number of nitrogens with zero attached hydrogens (tertiary/aromatic N) is 4. The molecule has 0 bridgehead atoms. The molecule has 9 nitrogen and oxygen atoms in total. The second-order valence-electron chi connectivity index (χ2n) is 8.65. The lowest BCUT2D eigenvalue weighted by Gasteiger charge is -2.18. The Balaban J connectivity index is 1.32. The van der Waals surface area contributed by atoms with E-state index < -0.39 is 12.0 Å². The SMILES string of the molecule is O=C(O)CC(c1cncc(CO)c1)n1ncc2cc(OCCc3ccc4c(n3)NCCC4)ccc21. The number of rotatable bonds is 9. The average Bonchev–Trinajstić information content (AvgIpc) is 3.30. The van der Waals surface area contributed by atoms with Gasteiger partial charge >= 0.3 is 5.97 Å². The Hall–Kier alpha value is -3.98. The van der Waals surface area contributed by atoms with Crippen LogP contribution in [0.5, 0.6) is 5.75 Å². The smallest absolute Gasteiger partial charge is 0.305 e. The minimum Gasteiger partial charge on any atom is -0.493 e. The van der Waals surface area contributed by atoms with Crippen molar-refractivity contribution in [2.24, 2.45) is 0 Å². The highest BCUT2D eigenvalue weighted by atomic mass is 16.5. The molecule has 180 valence electrons. The second kappa shape index (κ2) is 10.1. The van der Waals surface area contributed by atoms with Gasteiger partial charge in [0.05, 0.1) is 37.4 Å². The van der Waals surface area contributed by atoms with Gasteiger partial charge in [0.15, 0.2) is 0 Å². The maximum atomic E-state index is 11.6. The van der Waals surface area contributed by atoms with Gasteiger partial charge in [-0.2, -0.15) is 5.10 Å². The zero-order valence-electron chi connectivity index (χ0n) is 19.2. The van der Waals surface area contributed by atoms with Crippen LogP contribution in [0.15, 0.2) is 55.0 Å². The van der Waals surface area contributed by atoms with E-state index in [0.29, 0.717) is 29.9 Å². The summed E-state index contributed by atoms with van der Waals surface area (Å²) in [5, 5.41) is 27.6. The van der Waals surface area contributed by atoms with Crippen molar-refractivity contribution in [2.45, 2.75) is 38.3 Å². The van der Waals surface area contributed by atoms with Gasteiger partial charge in [0.1, 0.15) is 11.6 Å². The molecule has 1 unspecified atom stereocenters. The van der Waals surface area contributed by atoms with Gasteiger partial charge in [0, 0.05) is 36.4 Å². The number of aliphatic hydroxyl groups is 1. The number of anilines is 1. The fraction of sp³-hybridized carbons (Fsp3) is 0.308. The molecular formula is C26H27N5O4. The number of nitrogens with one attached hydrogen (secondary N) is 1. The van der Waals surface area contributed by atoms with E-state index in [4.69, 9.17) is 9.72 Å². The Morgan fingerprint density at radius 3 is 2.94 bits per heavy atom. The summed E-state index contributed by atoms with van der Waals surface area (Å²) in [6, 6.07) is 11.1. The van der Waals surface area contributed by atoms with E-state index in [-0.39, 0.29) is 13.0 Å². The largest absolute Gasteiger partial charge is 0.493 e. The molecule has 0 spiro atoms. The second-order valence-corrected chi connectivity index (χ2v) is 8.65. The first kappa shape index (κ1) is 22.8. The predicted molar refractivity (Wildman–Crippen MR) is 131 cm³/mol. The summed E-state index contributed by atoms with van der Waals surface area (Å²) in [4.78, 5) is 20.5. The monoisotopic (exact) mass is 473 g/mol. The molecule has 4 heterocycles. The minimum atomic E-state index is -0.945. The molecule has 0 amide bonds. The van der Waals surface area contributed by atoms with Crippen LogP contribution in [0.2, 0.25) is 0 Å². The average molecular weight is 474 g/mol. The molecule has 1 atom stereocenters. The van der Waals surface area contributed by atoms with Crippen LogP contribution in [0.25, 0.3) is 10.9 Å². The van der Waals surface area contributed by atoms with Crippen LogP contribution >= 0.6 is 0 Å². The number of aromatic nitrogens is 4. The molecule has 5 rings (SSSR count). The summed E-state index contributed by atoms with van der Waals surface area (Å²) in [7, 11) is 0. The summed E-state index contributed by atoms with van der Waals surface area (Å²) < 4.78 is 7.67. The molecule has 9 heteroatoms. The summed E-state index contributed by atoms with van der Waals surface area (Å²) in [5.74, 6) is 0.754. The molecule has 0 saturated carbocycles. The number of ether oxygens (including phenoxy) is 1. The van der Waals surface area contributed by atoms with Gasteiger partial charge in [-0.1, -0.05) is 6.07 Å². The Morgan fingerprint density at radius 2 is 2.09 bits per heavy atom. The predicted octanol–water partition coefficient (Wildman–Crippen LogP) is 3.36. The van der Waals surface area contributed by atoms with Crippen LogP contribution in [0.4, 0.5) is 5.82 Å². The van der Waals surface area contributed by atoms with Crippen molar-refractivity contribution >= 4 is 22.7 Å². The van der Waals surface area contributed by atoms with E-state index in [0.717, 1.165) is 41.8 Å². The molecule has 35 heavy (non-hydrogen) atoms. The third-order valence-electron chi connectivity index (χ3n) is 6.19. The summed E-state index contributed by atoms with van der Waals surface area (Å²) in [6.07, 6.45) is 7.62. The number of carboxylic acid groups (broad SMARTS) is 1. The van der Waals surface area contributed by atoms with Crippen LogP contribution in [0.1, 0.15) is 41.3 Å². The van der Waals surface area contributed by atoms with Crippen molar-refractivity contribution in [1.29, 1.82) is 0 Å². The minimum absolute atomic E-state index is 0.159. The normalized spacial score (nSPS) is 13.7. The maximum absolute atomic E-state index is 11.6. The number of aliphatic carboxylic acids is 1. The first-order valence-corrected chi connectivity index (χ1v) is 11.7. The number of aliphatic hydroxyl groups excluding tert-OH is 1. The number of fused-ring (bicyclic) bond motifs is 2. The van der Waals surface area contributed by atoms with E-state index in [2.05, 4.69) is 27.5 Å². The van der Waals surface area contributed by atoms with Gasteiger partial charge in [-0.15, -0.1) is 0 Å². The van der Waals surface area contributed by atoms with Gasteiger partial charge in [-0.3, -0.25) is 14.5 Å². The van der Waals surface area contributed by atoms with E-state index in [9.17, 15) is 15.0 Å². The van der Waals surface area contributed by atoms with Crippen molar-refractivity contribution in [2.75, 3.05) is 18.5 Å². The fourth-order valence-corrected chi connectivity index (χ4v) is 4.44. The summed E-state index contributed by atoms with van der Waals surface area (Å²) in [6.45, 7) is 1.29. The van der Waals surface area contributed by atoms with Gasteiger partial charge in [-0.05, 0) is 59.9 Å². The van der Waals surface area contributed by atoms with Crippen LogP contribution in [0, 0.1) is 0 Å². The van der Waals surface area contributed by atoms with Crippen LogP contribution < -0.4 is 10.1 Å². The lowest BCUT2D eigenvalue weighted by Crippen LogP contribution is -2.17. The third-order valence-corrected chi connectivity index (χ3v) is 6.19. The molecule has 0 saturated heterocycles. The molecule has 1 aliphatic rings. The molecule has 1 aromatic carbocycles. The highest BCUT2D eigenvalue weighted by Gasteiger charge is 2.21. The maximum Gasteiger partial charge on any atom is 0.305 e. The number of carbonyl (C=O) groups is 1. The molecular weight excluding hydrogens is 446 g/mol. The van der Waals surface area contributed by atoms with Crippen molar-refractivity contribution in [3.8, 4) is 5.75 Å². The molecule has 4 aromatic rings. The van der Waals surface area contributed by atoms with Gasteiger partial charge < -0.3 is 20.3 Å². The lowest BCUT2D eigenvalue weighted by atomic mass is 10.0. The van der Waals surface area contributed by atoms with E-state index >= 15 is 0 Å². The highest BCUT2D eigenvalue weighted by molar-refractivity contribution is 5.81. The highest BCUT2D eigenvalue weighted by Crippen LogP contribution is 2.29. The molecule has 0 radical (unpaired) electrons. The first-order chi connectivity index (χ1) is 17.1. The van der Waals surface area contributed by atoms with Crippen LogP contribution in [-0.4, -0.2) is 49.1 Å². The van der Waals surface area contributed by atoms with Gasteiger partial charge in [0.2, 0.25) is 0 Å². The standard InChI is InChI=1S/C26H27N5O4/c32-16-17-10-19(14-27-13-17)24(12-25(33)34)31-23-6-5-22(11-20(23)15-29-31)35-9-7-21-4-3-18-2-1-8-28-26(18)30-21/h3-6,10-11,13-15,24,32H,1-2,7-9,12,16H2,(H,28,30)(H,33,34). The van der Waals surface area contributed by atoms with E-state index in [1.807, 2.05) is 18.2 Å². The van der Waals surface area contributed by atoms with Crippen LogP contribution in [-0.2, 0) is 24.2 Å². The third kappa shape index (κ3) is 5.09. The Morgan fingerprint density at radius 1 is 1.17 bits per heavy atom. The zero-order chi connectivity index (χ0) is 24.2. The lowest BCUT2D eigenvalue weighted by molar-refractivity contribution is -0.137. The van der Waals surface area contributed by atoms with Gasteiger partial charge in [0.25, 0.3) is 0 Å². The number of hydrogen-bond acceptors (Lipinski definition) is 7. The number of aryl methyl sites for hydroxylation is 1. The topological polar surface area (TPSA) is 122 Å². The molecule has 1 aliphatic heterocycles. The quantitative estimate of drug-likeness (QED) is 0.338. The van der Waals surface area contributed by atoms with E-state index in [1.54, 1.807) is 29.3 Å². The van der Waals surface area contributed by atoms with Crippen molar-refractivity contribution < 1.29 is 19.7 Å². The van der Waals surface area contributed by atoms with Crippen LogP contribution in [0.3, 0.4) is 0 Å². The Bertz CT molecular complexity index is 1350. The molecule has 3 aromatic heterocycles. The van der Waals surface area contributed by atoms with Gasteiger partial charge in [-0.25, -0.2) is 4.98 Å².